The van der Waals surface area contributed by atoms with Crippen LogP contribution in [0.2, 0.25) is 0 Å². The molecule has 2 heterocycles. The molecule has 0 aliphatic carbocycles. The average Bonchev–Trinajstić information content (AvgIpc) is 2.76. The molecule has 1 aliphatic rings. The van der Waals surface area contributed by atoms with Crippen molar-refractivity contribution in [3.05, 3.63) is 12.4 Å². The van der Waals surface area contributed by atoms with Gasteiger partial charge < -0.3 is 15.5 Å². The van der Waals surface area contributed by atoms with Crippen molar-refractivity contribution < 1.29 is 19.8 Å². The lowest BCUT2D eigenvalue weighted by atomic mass is 10.3. The molecular formula is C14H23N5O4. The predicted molar refractivity (Wildman–Crippen MR) is 83.0 cm³/mol. The van der Waals surface area contributed by atoms with Crippen LogP contribution in [-0.2, 0) is 16.6 Å². The van der Waals surface area contributed by atoms with Crippen LogP contribution in [-0.4, -0.2) is 87.0 Å². The number of aliphatic hydroxyl groups excluding tert-OH is 1. The van der Waals surface area contributed by atoms with Gasteiger partial charge in [-0.15, -0.1) is 0 Å². The van der Waals surface area contributed by atoms with Crippen molar-refractivity contribution in [1.29, 1.82) is 0 Å². The highest BCUT2D eigenvalue weighted by Gasteiger charge is 2.23. The summed E-state index contributed by atoms with van der Waals surface area (Å²) in [6.07, 6.45) is 2.73. The Morgan fingerprint density at radius 3 is 2.70 bits per heavy atom. The second-order valence-electron chi connectivity index (χ2n) is 5.78. The maximum absolute atomic E-state index is 12.0. The maximum atomic E-state index is 12.0. The Kier molecular flexibility index (Phi) is 6.08. The molecule has 23 heavy (non-hydrogen) atoms. The first-order chi connectivity index (χ1) is 10.9. The molecule has 0 unspecified atom stereocenters. The summed E-state index contributed by atoms with van der Waals surface area (Å²) in [5.74, 6) is -1.01. The Morgan fingerprint density at radius 2 is 2.04 bits per heavy atom. The summed E-state index contributed by atoms with van der Waals surface area (Å²) >= 11 is 0. The third-order valence-electron chi connectivity index (χ3n) is 3.67. The summed E-state index contributed by atoms with van der Waals surface area (Å²) < 4.78 is 1.60. The Bertz CT molecular complexity index is 547. The Hall–Kier alpha value is -1.97. The van der Waals surface area contributed by atoms with Crippen LogP contribution in [0, 0.1) is 0 Å². The number of nitrogens with zero attached hydrogens (tertiary/aromatic N) is 4. The van der Waals surface area contributed by atoms with Crippen LogP contribution in [0.5, 0.6) is 0 Å². The number of carboxylic acid groups (broad SMARTS) is 1. The molecule has 0 bridgehead atoms. The van der Waals surface area contributed by atoms with Crippen LogP contribution in [0.25, 0.3) is 0 Å². The number of β-amino-alcohol motifs (C(OH)–C–C–N with tert-alkyl or cyclic N) is 1. The highest BCUT2D eigenvalue weighted by Crippen LogP contribution is 2.07. The second kappa shape index (κ2) is 8.04. The molecule has 0 aromatic carbocycles. The number of nitrogens with one attached hydrogen (secondary N) is 1. The maximum Gasteiger partial charge on any atom is 0.304 e. The van der Waals surface area contributed by atoms with E-state index >= 15 is 0 Å². The lowest BCUT2D eigenvalue weighted by molar-refractivity contribution is -0.137. The molecule has 1 atom stereocenters. The number of anilines is 1. The van der Waals surface area contributed by atoms with E-state index in [-0.39, 0.29) is 18.9 Å². The van der Waals surface area contributed by atoms with Crippen LogP contribution >= 0.6 is 0 Å². The van der Waals surface area contributed by atoms with Gasteiger partial charge in [0, 0.05) is 46.0 Å². The van der Waals surface area contributed by atoms with Crippen LogP contribution in [0.1, 0.15) is 6.42 Å². The number of hydrogen-bond acceptors (Lipinski definition) is 6. The number of carboxylic acids is 1. The number of aliphatic hydroxyl groups is 1. The molecule has 128 valence electrons. The van der Waals surface area contributed by atoms with Gasteiger partial charge in [0.15, 0.2) is 0 Å². The van der Waals surface area contributed by atoms with E-state index in [4.69, 9.17) is 5.11 Å². The second-order valence-corrected chi connectivity index (χ2v) is 5.78. The summed E-state index contributed by atoms with van der Waals surface area (Å²) in [6, 6.07) is 0. The van der Waals surface area contributed by atoms with Crippen LogP contribution in [0.15, 0.2) is 12.4 Å². The fourth-order valence-electron chi connectivity index (χ4n) is 2.61. The van der Waals surface area contributed by atoms with E-state index in [9.17, 15) is 14.7 Å². The van der Waals surface area contributed by atoms with Crippen LogP contribution in [0.3, 0.4) is 0 Å². The van der Waals surface area contributed by atoms with Gasteiger partial charge in [0.2, 0.25) is 5.91 Å². The zero-order chi connectivity index (χ0) is 16.8. The molecule has 3 N–H and O–H groups in total. The molecule has 0 spiro atoms. The standard InChI is InChI=1S/C14H23N5O4/c1-17-7-11(6-15-17)16-13(21)10-19-5-4-18(3-2-14(22)23)8-12(20)9-19/h6-7,12,20H,2-5,8-10H2,1H3,(H,16,21)(H,22,23)/t12-/m0/s1. The third kappa shape index (κ3) is 5.97. The number of rotatable bonds is 6. The summed E-state index contributed by atoms with van der Waals surface area (Å²) in [4.78, 5) is 26.5. The number of aryl methyl sites for hydroxylation is 1. The quantitative estimate of drug-likeness (QED) is 0.603. The minimum Gasteiger partial charge on any atom is -0.481 e. The van der Waals surface area contributed by atoms with Crippen molar-refractivity contribution in [2.24, 2.45) is 7.05 Å². The van der Waals surface area contributed by atoms with Gasteiger partial charge in [0.25, 0.3) is 0 Å². The minimum absolute atomic E-state index is 0.0498. The van der Waals surface area contributed by atoms with Crippen molar-refractivity contribution in [2.45, 2.75) is 12.5 Å². The van der Waals surface area contributed by atoms with Gasteiger partial charge in [-0.1, -0.05) is 0 Å². The number of carbonyl (C=O) groups excluding carboxylic acids is 1. The van der Waals surface area contributed by atoms with Gasteiger partial charge in [-0.2, -0.15) is 5.10 Å². The number of hydrogen-bond donors (Lipinski definition) is 3. The van der Waals surface area contributed by atoms with Crippen LogP contribution < -0.4 is 5.32 Å². The average molecular weight is 325 g/mol. The summed E-state index contributed by atoms with van der Waals surface area (Å²) in [6.45, 7) is 2.64. The van der Waals surface area contributed by atoms with E-state index in [2.05, 4.69) is 10.4 Å². The van der Waals surface area contributed by atoms with Gasteiger partial charge in [0.05, 0.1) is 31.0 Å². The first kappa shape index (κ1) is 17.4. The molecule has 1 saturated heterocycles. The van der Waals surface area contributed by atoms with Crippen molar-refractivity contribution in [3.8, 4) is 0 Å². The Morgan fingerprint density at radius 1 is 1.35 bits per heavy atom. The fourth-order valence-corrected chi connectivity index (χ4v) is 2.61. The van der Waals surface area contributed by atoms with E-state index in [0.717, 1.165) is 0 Å². The topological polar surface area (TPSA) is 111 Å². The van der Waals surface area contributed by atoms with Gasteiger partial charge in [0.1, 0.15) is 0 Å². The zero-order valence-electron chi connectivity index (χ0n) is 13.2. The largest absolute Gasteiger partial charge is 0.481 e. The molecular weight excluding hydrogens is 302 g/mol. The number of aromatic nitrogens is 2. The SMILES string of the molecule is Cn1cc(NC(=O)CN2CCN(CCC(=O)O)C[C@H](O)C2)cn1. The van der Waals surface area contributed by atoms with E-state index in [1.807, 2.05) is 9.80 Å². The van der Waals surface area contributed by atoms with Gasteiger partial charge in [-0.25, -0.2) is 0 Å². The zero-order valence-corrected chi connectivity index (χ0v) is 13.2. The minimum atomic E-state index is -0.851. The molecule has 2 rings (SSSR count). The normalized spacial score (nSPS) is 20.2. The lowest BCUT2D eigenvalue weighted by Gasteiger charge is -2.20. The van der Waals surface area contributed by atoms with E-state index in [1.54, 1.807) is 24.1 Å². The molecule has 1 aromatic rings. The summed E-state index contributed by atoms with van der Waals surface area (Å²) in [5, 5.41) is 25.5. The summed E-state index contributed by atoms with van der Waals surface area (Å²) in [7, 11) is 1.77. The highest BCUT2D eigenvalue weighted by atomic mass is 16.4. The molecule has 9 nitrogen and oxygen atoms in total. The third-order valence-corrected chi connectivity index (χ3v) is 3.67. The molecule has 1 fully saturated rings. The highest BCUT2D eigenvalue weighted by molar-refractivity contribution is 5.91. The van der Waals surface area contributed by atoms with E-state index in [0.29, 0.717) is 38.4 Å². The van der Waals surface area contributed by atoms with Crippen molar-refractivity contribution >= 4 is 17.6 Å². The molecule has 0 saturated carbocycles. The molecule has 1 aromatic heterocycles. The van der Waals surface area contributed by atoms with Gasteiger partial charge in [-0.05, 0) is 0 Å². The van der Waals surface area contributed by atoms with E-state index < -0.39 is 12.1 Å². The van der Waals surface area contributed by atoms with Crippen LogP contribution in [0.4, 0.5) is 5.69 Å². The smallest absolute Gasteiger partial charge is 0.304 e. The fraction of sp³-hybridized carbons (Fsp3) is 0.643. The number of amides is 1. The Balaban J connectivity index is 1.81. The lowest BCUT2D eigenvalue weighted by Crippen LogP contribution is -2.38. The number of aliphatic carboxylic acids is 1. The first-order valence-corrected chi connectivity index (χ1v) is 7.55. The van der Waals surface area contributed by atoms with Gasteiger partial charge in [-0.3, -0.25) is 24.1 Å². The van der Waals surface area contributed by atoms with E-state index in [1.165, 1.54) is 0 Å². The van der Waals surface area contributed by atoms with Crippen molar-refractivity contribution in [1.82, 2.24) is 19.6 Å². The Labute approximate surface area is 134 Å². The van der Waals surface area contributed by atoms with Gasteiger partial charge >= 0.3 is 5.97 Å². The summed E-state index contributed by atoms with van der Waals surface area (Å²) in [5.41, 5.74) is 0.635. The molecule has 1 aliphatic heterocycles. The monoisotopic (exact) mass is 325 g/mol. The molecule has 0 radical (unpaired) electrons. The molecule has 1 amide bonds. The number of carbonyl (C=O) groups is 2. The van der Waals surface area contributed by atoms with Crippen molar-refractivity contribution in [2.75, 3.05) is 44.6 Å². The van der Waals surface area contributed by atoms with Crippen molar-refractivity contribution in [3.63, 3.8) is 0 Å². The molecule has 9 heteroatoms. The predicted octanol–water partition coefficient (Wildman–Crippen LogP) is -1.19. The first-order valence-electron chi connectivity index (χ1n) is 7.55.